The molecule has 0 radical (unpaired) electrons. The van der Waals surface area contributed by atoms with Crippen LogP contribution >= 0.6 is 11.6 Å². The third-order valence-electron chi connectivity index (χ3n) is 6.07. The van der Waals surface area contributed by atoms with Gasteiger partial charge in [-0.3, -0.25) is 4.79 Å². The lowest BCUT2D eigenvalue weighted by atomic mass is 9.99. The molecule has 0 saturated heterocycles. The number of alkyl halides is 6. The molecule has 208 valence electrons. The standard InChI is InChI=1S/C28H16ClF6N5O/c29-22-9-5-4-8-20(22)26(41)21-10-11-36-37-23(21)24-25(17-6-2-1-3-7-17)40(39-38-24)15-16-12-18(27(30,31)32)14-19(13-16)28(33,34)35/h1-14H,15H2. The van der Waals surface area contributed by atoms with Crippen molar-refractivity contribution >= 4 is 17.4 Å². The van der Waals surface area contributed by atoms with Crippen molar-refractivity contribution in [3.63, 3.8) is 0 Å². The molecule has 5 aromatic rings. The molecule has 0 atom stereocenters. The Morgan fingerprint density at radius 3 is 2.02 bits per heavy atom. The fraction of sp³-hybridized carbons (Fsp3) is 0.107. The maximum absolute atomic E-state index is 13.5. The first-order valence-corrected chi connectivity index (χ1v) is 12.2. The van der Waals surface area contributed by atoms with E-state index < -0.39 is 35.8 Å². The smallest absolute Gasteiger partial charge is 0.288 e. The molecule has 0 aliphatic heterocycles. The monoisotopic (exact) mass is 587 g/mol. The van der Waals surface area contributed by atoms with Crippen LogP contribution in [0.5, 0.6) is 0 Å². The largest absolute Gasteiger partial charge is 0.416 e. The molecular formula is C28H16ClF6N5O. The van der Waals surface area contributed by atoms with Crippen molar-refractivity contribution in [2.75, 3.05) is 0 Å². The second-order valence-electron chi connectivity index (χ2n) is 8.83. The van der Waals surface area contributed by atoms with E-state index in [0.29, 0.717) is 17.7 Å². The summed E-state index contributed by atoms with van der Waals surface area (Å²) in [5.41, 5.74) is -2.26. The Morgan fingerprint density at radius 1 is 0.756 bits per heavy atom. The topological polar surface area (TPSA) is 73.6 Å². The Labute approximate surface area is 233 Å². The normalized spacial score (nSPS) is 12.0. The van der Waals surface area contributed by atoms with Crippen LogP contribution in [0.1, 0.15) is 32.6 Å². The molecule has 0 fully saturated rings. The average molecular weight is 588 g/mol. The number of ketones is 1. The zero-order valence-corrected chi connectivity index (χ0v) is 21.3. The molecule has 0 aliphatic carbocycles. The number of carbonyl (C=O) groups excluding carboxylic acids is 1. The van der Waals surface area contributed by atoms with Crippen LogP contribution in [-0.2, 0) is 18.9 Å². The summed E-state index contributed by atoms with van der Waals surface area (Å²) in [5, 5.41) is 16.3. The lowest BCUT2D eigenvalue weighted by Crippen LogP contribution is -2.13. The predicted molar refractivity (Wildman–Crippen MR) is 137 cm³/mol. The first kappa shape index (κ1) is 28.0. The summed E-state index contributed by atoms with van der Waals surface area (Å²) in [5.74, 6) is -0.498. The molecule has 6 nitrogen and oxygen atoms in total. The fourth-order valence-electron chi connectivity index (χ4n) is 4.23. The molecular weight excluding hydrogens is 572 g/mol. The maximum atomic E-state index is 13.5. The van der Waals surface area contributed by atoms with Gasteiger partial charge in [-0.1, -0.05) is 59.3 Å². The van der Waals surface area contributed by atoms with E-state index in [4.69, 9.17) is 11.6 Å². The van der Waals surface area contributed by atoms with Gasteiger partial charge in [0.2, 0.25) is 0 Å². The number of nitrogens with zero attached hydrogens (tertiary/aromatic N) is 5. The fourth-order valence-corrected chi connectivity index (χ4v) is 4.45. The third-order valence-corrected chi connectivity index (χ3v) is 6.40. The molecule has 0 aliphatic rings. The summed E-state index contributed by atoms with van der Waals surface area (Å²) in [6.07, 6.45) is -8.74. The van der Waals surface area contributed by atoms with E-state index in [1.807, 2.05) is 0 Å². The van der Waals surface area contributed by atoms with Gasteiger partial charge in [-0.25, -0.2) is 4.68 Å². The number of hydrogen-bond acceptors (Lipinski definition) is 5. The average Bonchev–Trinajstić information content (AvgIpc) is 3.35. The predicted octanol–water partition coefficient (Wildman–Crippen LogP) is 7.37. The van der Waals surface area contributed by atoms with Gasteiger partial charge in [-0.15, -0.1) is 10.2 Å². The van der Waals surface area contributed by atoms with Crippen molar-refractivity contribution < 1.29 is 31.1 Å². The highest BCUT2D eigenvalue weighted by Gasteiger charge is 2.37. The van der Waals surface area contributed by atoms with Gasteiger partial charge in [0.25, 0.3) is 0 Å². The Bertz CT molecular complexity index is 1700. The van der Waals surface area contributed by atoms with Crippen molar-refractivity contribution in [2.24, 2.45) is 0 Å². The van der Waals surface area contributed by atoms with Gasteiger partial charge < -0.3 is 0 Å². The molecule has 2 aromatic heterocycles. The molecule has 0 amide bonds. The lowest BCUT2D eigenvalue weighted by molar-refractivity contribution is -0.143. The van der Waals surface area contributed by atoms with E-state index in [1.54, 1.807) is 48.5 Å². The number of halogens is 7. The van der Waals surface area contributed by atoms with Gasteiger partial charge in [0.1, 0.15) is 11.4 Å². The summed E-state index contributed by atoms with van der Waals surface area (Å²) >= 11 is 6.23. The van der Waals surface area contributed by atoms with Gasteiger partial charge in [0.15, 0.2) is 5.78 Å². The third kappa shape index (κ3) is 5.82. The Hall–Kier alpha value is -4.58. The summed E-state index contributed by atoms with van der Waals surface area (Å²) < 4.78 is 82.0. The summed E-state index contributed by atoms with van der Waals surface area (Å²) in [6, 6.07) is 17.4. The van der Waals surface area contributed by atoms with Crippen LogP contribution in [0.3, 0.4) is 0 Å². The van der Waals surface area contributed by atoms with Gasteiger partial charge in [0, 0.05) is 11.1 Å². The van der Waals surface area contributed by atoms with Crippen LogP contribution in [0.25, 0.3) is 22.6 Å². The van der Waals surface area contributed by atoms with E-state index in [0.717, 1.165) is 4.68 Å². The summed E-state index contributed by atoms with van der Waals surface area (Å²) in [7, 11) is 0. The molecule has 3 aromatic carbocycles. The molecule has 0 N–H and O–H groups in total. The van der Waals surface area contributed by atoms with E-state index in [-0.39, 0.29) is 44.9 Å². The van der Waals surface area contributed by atoms with E-state index >= 15 is 0 Å². The molecule has 0 unspecified atom stereocenters. The van der Waals surface area contributed by atoms with Crippen molar-refractivity contribution in [2.45, 2.75) is 18.9 Å². The number of carbonyl (C=O) groups is 1. The highest BCUT2D eigenvalue weighted by Crippen LogP contribution is 2.37. The first-order chi connectivity index (χ1) is 19.4. The van der Waals surface area contributed by atoms with Crippen LogP contribution in [0.2, 0.25) is 5.02 Å². The van der Waals surface area contributed by atoms with Crippen molar-refractivity contribution in [1.29, 1.82) is 0 Å². The van der Waals surface area contributed by atoms with Crippen LogP contribution in [0, 0.1) is 0 Å². The molecule has 41 heavy (non-hydrogen) atoms. The number of rotatable bonds is 6. The van der Waals surface area contributed by atoms with E-state index in [9.17, 15) is 31.1 Å². The number of aromatic nitrogens is 5. The molecule has 5 rings (SSSR count). The quantitative estimate of drug-likeness (QED) is 0.153. The zero-order valence-electron chi connectivity index (χ0n) is 20.6. The number of hydrogen-bond donors (Lipinski definition) is 0. The van der Waals surface area contributed by atoms with E-state index in [1.165, 1.54) is 18.3 Å². The van der Waals surface area contributed by atoms with Crippen molar-refractivity contribution in [1.82, 2.24) is 25.2 Å². The maximum Gasteiger partial charge on any atom is 0.416 e. The highest BCUT2D eigenvalue weighted by molar-refractivity contribution is 6.35. The number of benzene rings is 3. The Balaban J connectivity index is 1.67. The van der Waals surface area contributed by atoms with Gasteiger partial charge >= 0.3 is 12.4 Å². The van der Waals surface area contributed by atoms with Crippen LogP contribution < -0.4 is 0 Å². The summed E-state index contributed by atoms with van der Waals surface area (Å²) in [4.78, 5) is 13.4. The molecule has 0 bridgehead atoms. The molecule has 2 heterocycles. The van der Waals surface area contributed by atoms with Crippen LogP contribution in [0.15, 0.2) is 85.1 Å². The molecule has 0 saturated carbocycles. The van der Waals surface area contributed by atoms with Gasteiger partial charge in [-0.2, -0.15) is 31.4 Å². The second kappa shape index (κ2) is 10.8. The van der Waals surface area contributed by atoms with Crippen LogP contribution in [-0.4, -0.2) is 31.0 Å². The van der Waals surface area contributed by atoms with Crippen LogP contribution in [0.4, 0.5) is 26.3 Å². The highest BCUT2D eigenvalue weighted by atomic mass is 35.5. The lowest BCUT2D eigenvalue weighted by Gasteiger charge is -2.15. The van der Waals surface area contributed by atoms with Crippen molar-refractivity contribution in [3.05, 3.63) is 118 Å². The zero-order chi connectivity index (χ0) is 29.4. The SMILES string of the molecule is O=C(c1ccccc1Cl)c1ccnnc1-c1nnn(Cc2cc(C(F)(F)F)cc(C(F)(F)F)c2)c1-c1ccccc1. The molecule has 0 spiro atoms. The van der Waals surface area contributed by atoms with E-state index in [2.05, 4.69) is 20.5 Å². The van der Waals surface area contributed by atoms with Gasteiger partial charge in [0.05, 0.1) is 40.1 Å². The summed E-state index contributed by atoms with van der Waals surface area (Å²) in [6.45, 7) is -0.502. The van der Waals surface area contributed by atoms with Gasteiger partial charge in [-0.05, 0) is 42.0 Å². The second-order valence-corrected chi connectivity index (χ2v) is 9.23. The molecule has 13 heteroatoms. The Kier molecular flexibility index (Phi) is 7.35. The minimum absolute atomic E-state index is 0.00236. The minimum atomic E-state index is -5.01. The minimum Gasteiger partial charge on any atom is -0.288 e. The van der Waals surface area contributed by atoms with Crippen molar-refractivity contribution in [3.8, 4) is 22.6 Å². The Morgan fingerprint density at radius 2 is 1.39 bits per heavy atom. The first-order valence-electron chi connectivity index (χ1n) is 11.8.